The topological polar surface area (TPSA) is 107 Å². The fourth-order valence-corrected chi connectivity index (χ4v) is 12.7. The van der Waals surface area contributed by atoms with E-state index in [2.05, 4.69) is 40.7 Å². The highest BCUT2D eigenvalue weighted by atomic mass is 16.5. The molecule has 0 aromatic carbocycles. The molecule has 0 spiro atoms. The van der Waals surface area contributed by atoms with Crippen molar-refractivity contribution in [3.8, 4) is 0 Å². The van der Waals surface area contributed by atoms with Crippen LogP contribution in [0.3, 0.4) is 0 Å². The molecule has 7 heteroatoms. The normalized spacial score (nSPS) is 52.7. The molecular formula is C36H57NO6. The average molecular weight is 600 g/mol. The molecule has 1 heterocycles. The number of methoxy groups -OCH3 is 1. The third kappa shape index (κ3) is 3.95. The highest BCUT2D eigenvalue weighted by Crippen LogP contribution is 2.76. The second-order valence-electron chi connectivity index (χ2n) is 16.9. The molecule has 5 aliphatic carbocycles. The number of hydrogen-bond acceptors (Lipinski definition) is 6. The van der Waals surface area contributed by atoms with Crippen molar-refractivity contribution in [1.82, 2.24) is 4.90 Å². The van der Waals surface area contributed by atoms with E-state index in [-0.39, 0.29) is 46.6 Å². The van der Waals surface area contributed by atoms with Crippen LogP contribution in [0.2, 0.25) is 0 Å². The van der Waals surface area contributed by atoms with Gasteiger partial charge in [0.15, 0.2) is 0 Å². The van der Waals surface area contributed by atoms with Crippen molar-refractivity contribution >= 4 is 11.9 Å². The summed E-state index contributed by atoms with van der Waals surface area (Å²) in [5.74, 6) is 1.35. The van der Waals surface area contributed by atoms with E-state index >= 15 is 0 Å². The molecule has 43 heavy (non-hydrogen) atoms. The third-order valence-corrected chi connectivity index (χ3v) is 15.5. The zero-order valence-corrected chi connectivity index (χ0v) is 27.7. The van der Waals surface area contributed by atoms with Crippen LogP contribution in [0.25, 0.3) is 0 Å². The second kappa shape index (κ2) is 10.3. The van der Waals surface area contributed by atoms with Gasteiger partial charge in [-0.25, -0.2) is 4.79 Å². The van der Waals surface area contributed by atoms with Gasteiger partial charge < -0.3 is 25.0 Å². The fraction of sp³-hybridized carbons (Fsp3) is 0.889. The quantitative estimate of drug-likeness (QED) is 0.307. The largest absolute Gasteiger partial charge is 0.467 e. The van der Waals surface area contributed by atoms with Crippen molar-refractivity contribution in [2.24, 2.45) is 56.7 Å². The van der Waals surface area contributed by atoms with Crippen LogP contribution in [0.15, 0.2) is 11.6 Å². The number of allylic oxidation sites excluding steroid dienone is 2. The third-order valence-electron chi connectivity index (χ3n) is 15.5. The maximum atomic E-state index is 14.8. The molecule has 4 saturated carbocycles. The maximum Gasteiger partial charge on any atom is 0.328 e. The summed E-state index contributed by atoms with van der Waals surface area (Å²) in [5, 5.41) is 32.8. The molecule has 7 nitrogen and oxygen atoms in total. The smallest absolute Gasteiger partial charge is 0.328 e. The van der Waals surface area contributed by atoms with Gasteiger partial charge >= 0.3 is 5.97 Å². The van der Waals surface area contributed by atoms with Crippen LogP contribution in [-0.4, -0.2) is 70.6 Å². The van der Waals surface area contributed by atoms with E-state index in [0.29, 0.717) is 37.1 Å². The number of fused-ring (bicyclic) bond motifs is 7. The van der Waals surface area contributed by atoms with E-state index in [1.807, 2.05) is 11.8 Å². The van der Waals surface area contributed by atoms with Gasteiger partial charge in [-0.2, -0.15) is 0 Å². The summed E-state index contributed by atoms with van der Waals surface area (Å²) in [4.78, 5) is 29.4. The van der Waals surface area contributed by atoms with Gasteiger partial charge in [-0.05, 0) is 110 Å². The maximum absolute atomic E-state index is 14.8. The molecule has 6 aliphatic rings. The van der Waals surface area contributed by atoms with E-state index in [1.165, 1.54) is 12.7 Å². The van der Waals surface area contributed by atoms with Gasteiger partial charge in [-0.1, -0.05) is 53.2 Å². The lowest BCUT2D eigenvalue weighted by Crippen LogP contribution is -2.68. The standard InChI is InChI=1S/C36H57NO6/c1-21-12-15-36(31(42)37-18-8-9-24(37)30(41)43-7)17-16-34(5)23(28(36)22(21)2)10-11-27-32(3)19-25(39)29(40)33(4,20-38)26(32)13-14-35(27,34)6/h10,21-22,24-29,38-40H,8-9,11-20H2,1-7H3/t21-,22+,24?,25-,26-,27-,28+,29+,32+,33+,34-,35-,36+/m1/s1. The van der Waals surface area contributed by atoms with Gasteiger partial charge in [0.25, 0.3) is 0 Å². The van der Waals surface area contributed by atoms with E-state index in [0.717, 1.165) is 51.4 Å². The van der Waals surface area contributed by atoms with Gasteiger partial charge in [-0.15, -0.1) is 0 Å². The van der Waals surface area contributed by atoms with E-state index < -0.39 is 29.1 Å². The van der Waals surface area contributed by atoms with E-state index in [9.17, 15) is 24.9 Å². The molecule has 242 valence electrons. The first kappa shape index (κ1) is 31.5. The lowest BCUT2D eigenvalue weighted by atomic mass is 9.33. The monoisotopic (exact) mass is 599 g/mol. The highest BCUT2D eigenvalue weighted by Gasteiger charge is 2.71. The van der Waals surface area contributed by atoms with Gasteiger partial charge in [0.2, 0.25) is 5.91 Å². The number of carbonyl (C=O) groups excluding carboxylic acids is 2. The van der Waals surface area contributed by atoms with Crippen LogP contribution >= 0.6 is 0 Å². The van der Waals surface area contributed by atoms with Crippen molar-refractivity contribution in [3.63, 3.8) is 0 Å². The SMILES string of the molecule is COC(=O)C1CCCN1C(=O)[C@]12CC[C@@H](C)[C@H](C)[C@H]1C1=CC[C@@H]3[C@@]4(C)C[C@@H](O)[C@H](O)[C@@](C)(CO)[C@@H]4CC[C@@]3(C)[C@]1(C)CC2. The van der Waals surface area contributed by atoms with Crippen LogP contribution < -0.4 is 0 Å². The van der Waals surface area contributed by atoms with E-state index in [4.69, 9.17) is 4.74 Å². The summed E-state index contributed by atoms with van der Waals surface area (Å²) in [6.07, 6.45) is 9.32. The minimum absolute atomic E-state index is 0.0292. The number of hydrogen-bond donors (Lipinski definition) is 3. The molecule has 13 atom stereocenters. The first-order chi connectivity index (χ1) is 20.2. The Hall–Kier alpha value is -1.44. The summed E-state index contributed by atoms with van der Waals surface area (Å²) in [6, 6.07) is -0.470. The summed E-state index contributed by atoms with van der Waals surface area (Å²) in [7, 11) is 1.43. The fourth-order valence-electron chi connectivity index (χ4n) is 12.7. The first-order valence-electron chi connectivity index (χ1n) is 17.2. The molecule has 1 amide bonds. The van der Waals surface area contributed by atoms with Crippen LogP contribution in [-0.2, 0) is 14.3 Å². The number of carbonyl (C=O) groups is 2. The Morgan fingerprint density at radius 1 is 1.00 bits per heavy atom. The van der Waals surface area contributed by atoms with E-state index in [1.54, 1.807) is 0 Å². The number of nitrogens with zero attached hydrogens (tertiary/aromatic N) is 1. The molecule has 6 rings (SSSR count). The van der Waals surface area contributed by atoms with Crippen LogP contribution in [0.5, 0.6) is 0 Å². The Bertz CT molecular complexity index is 1190. The lowest BCUT2D eigenvalue weighted by Gasteiger charge is -2.72. The molecule has 0 bridgehead atoms. The van der Waals surface area contributed by atoms with Crippen molar-refractivity contribution in [3.05, 3.63) is 11.6 Å². The molecule has 1 unspecified atom stereocenters. The molecular weight excluding hydrogens is 542 g/mol. The lowest BCUT2D eigenvalue weighted by molar-refractivity contribution is -0.243. The summed E-state index contributed by atoms with van der Waals surface area (Å²) in [5.41, 5.74) is -0.0778. The Labute approximate surface area is 258 Å². The molecule has 3 N–H and O–H groups in total. The van der Waals surface area contributed by atoms with Crippen LogP contribution in [0.1, 0.15) is 106 Å². The van der Waals surface area contributed by atoms with Gasteiger partial charge in [0, 0.05) is 12.0 Å². The van der Waals surface area contributed by atoms with Crippen molar-refractivity contribution in [2.45, 2.75) is 124 Å². The number of esters is 1. The van der Waals surface area contributed by atoms with Gasteiger partial charge in [0.05, 0.1) is 31.3 Å². The second-order valence-corrected chi connectivity index (χ2v) is 16.9. The minimum atomic E-state index is -0.921. The zero-order chi connectivity index (χ0) is 31.3. The summed E-state index contributed by atoms with van der Waals surface area (Å²) < 4.78 is 5.14. The Balaban J connectivity index is 1.42. The molecule has 5 fully saturated rings. The number of rotatable bonds is 3. The predicted octanol–water partition coefficient (Wildman–Crippen LogP) is 5.11. The van der Waals surface area contributed by atoms with Crippen molar-refractivity contribution < 1.29 is 29.6 Å². The molecule has 0 radical (unpaired) electrons. The molecule has 0 aromatic rings. The average Bonchev–Trinajstić information content (AvgIpc) is 3.47. The first-order valence-corrected chi connectivity index (χ1v) is 17.2. The van der Waals surface area contributed by atoms with Crippen LogP contribution in [0.4, 0.5) is 0 Å². The van der Waals surface area contributed by atoms with Crippen LogP contribution in [0, 0.1) is 56.7 Å². The molecule has 1 saturated heterocycles. The number of aliphatic hydroxyl groups is 3. The zero-order valence-electron chi connectivity index (χ0n) is 27.7. The number of aliphatic hydroxyl groups excluding tert-OH is 3. The molecule has 0 aromatic heterocycles. The number of ether oxygens (including phenoxy) is 1. The minimum Gasteiger partial charge on any atom is -0.467 e. The predicted molar refractivity (Wildman–Crippen MR) is 165 cm³/mol. The Morgan fingerprint density at radius 3 is 2.40 bits per heavy atom. The van der Waals surface area contributed by atoms with Gasteiger partial charge in [-0.3, -0.25) is 4.79 Å². The van der Waals surface area contributed by atoms with Crippen molar-refractivity contribution in [1.29, 1.82) is 0 Å². The number of likely N-dealkylation sites (tertiary alicyclic amines) is 1. The summed E-state index contributed by atoms with van der Waals surface area (Å²) >= 11 is 0. The summed E-state index contributed by atoms with van der Waals surface area (Å²) in [6.45, 7) is 14.5. The highest BCUT2D eigenvalue weighted by molar-refractivity contribution is 5.89. The van der Waals surface area contributed by atoms with Crippen molar-refractivity contribution in [2.75, 3.05) is 20.3 Å². The molecule has 1 aliphatic heterocycles. The van der Waals surface area contributed by atoms with Gasteiger partial charge in [0.1, 0.15) is 6.04 Å². The number of amides is 1. The Morgan fingerprint density at radius 2 is 1.72 bits per heavy atom. The Kier molecular flexibility index (Phi) is 7.54.